The van der Waals surface area contributed by atoms with Crippen LogP contribution in [0.3, 0.4) is 0 Å². The second-order valence-corrected chi connectivity index (χ2v) is 13.3. The van der Waals surface area contributed by atoms with E-state index in [4.69, 9.17) is 4.74 Å². The average molecular weight is 530 g/mol. The molecule has 0 amide bonds. The minimum atomic E-state index is -0.146. The van der Waals surface area contributed by atoms with Gasteiger partial charge in [0.25, 0.3) is 0 Å². The first-order valence-electron chi connectivity index (χ1n) is 14.4. The zero-order valence-corrected chi connectivity index (χ0v) is 23.6. The molecule has 2 atom stereocenters. The van der Waals surface area contributed by atoms with Crippen LogP contribution >= 0.6 is 11.8 Å². The lowest BCUT2D eigenvalue weighted by Gasteiger charge is -2.56. The number of ketones is 1. The van der Waals surface area contributed by atoms with Crippen LogP contribution in [0.15, 0.2) is 59.8 Å². The molecule has 200 valence electrons. The molecule has 6 heteroatoms. The molecule has 2 aromatic carbocycles. The molecule has 38 heavy (non-hydrogen) atoms. The Morgan fingerprint density at radius 1 is 0.974 bits per heavy atom. The van der Waals surface area contributed by atoms with Crippen LogP contribution in [0.2, 0.25) is 0 Å². The molecule has 4 aliphatic carbocycles. The van der Waals surface area contributed by atoms with Gasteiger partial charge >= 0.3 is 0 Å². The zero-order valence-electron chi connectivity index (χ0n) is 22.8. The number of aryl methyl sites for hydroxylation is 1. The summed E-state index contributed by atoms with van der Waals surface area (Å²) < 4.78 is 8.32. The highest BCUT2D eigenvalue weighted by Crippen LogP contribution is 2.61. The Hall–Kier alpha value is -2.60. The summed E-state index contributed by atoms with van der Waals surface area (Å²) in [6.07, 6.45) is 8.36. The maximum absolute atomic E-state index is 14.0. The fourth-order valence-corrected chi connectivity index (χ4v) is 8.92. The Bertz CT molecular complexity index is 1230. The summed E-state index contributed by atoms with van der Waals surface area (Å²) in [5.41, 5.74) is 2.37. The third-order valence-electron chi connectivity index (χ3n) is 9.32. The standard InChI is InChI=1S/C32H39N3O2S/c1-4-23-10-12-28(13-11-23)37-20-29-33-34-31(35(29)21(2)27-8-6-5-7-9-27)38-22(3)30(36)32-17-24-14-25(18-32)16-26(15-24)19-32/h5-13,21-22,24-26H,4,14-20H2,1-3H3/t21-,22+,24?,25?,26?,32?/m0/s1. The van der Waals surface area contributed by atoms with Gasteiger partial charge in [-0.3, -0.25) is 9.36 Å². The number of carbonyl (C=O) groups is 1. The highest BCUT2D eigenvalue weighted by atomic mass is 32.2. The number of benzene rings is 2. The molecular formula is C32H39N3O2S. The number of aromatic nitrogens is 3. The van der Waals surface area contributed by atoms with E-state index >= 15 is 0 Å². The van der Waals surface area contributed by atoms with Crippen molar-refractivity contribution in [3.63, 3.8) is 0 Å². The molecule has 4 fully saturated rings. The fourth-order valence-electron chi connectivity index (χ4n) is 7.78. The zero-order chi connectivity index (χ0) is 26.3. The van der Waals surface area contributed by atoms with E-state index in [1.165, 1.54) is 30.4 Å². The van der Waals surface area contributed by atoms with Gasteiger partial charge < -0.3 is 4.74 Å². The number of ether oxygens (including phenoxy) is 1. The van der Waals surface area contributed by atoms with Crippen molar-refractivity contribution >= 4 is 17.5 Å². The van der Waals surface area contributed by atoms with E-state index in [-0.39, 0.29) is 16.7 Å². The molecule has 1 heterocycles. The largest absolute Gasteiger partial charge is 0.486 e. The van der Waals surface area contributed by atoms with Gasteiger partial charge in [-0.25, -0.2) is 0 Å². The van der Waals surface area contributed by atoms with Gasteiger partial charge in [-0.2, -0.15) is 0 Å². The summed E-state index contributed by atoms with van der Waals surface area (Å²) in [5.74, 6) is 4.33. The molecule has 0 radical (unpaired) electrons. The van der Waals surface area contributed by atoms with Gasteiger partial charge in [-0.15, -0.1) is 10.2 Å². The molecule has 0 spiro atoms. The first-order chi connectivity index (χ1) is 18.4. The molecule has 4 bridgehead atoms. The highest BCUT2D eigenvalue weighted by Gasteiger charge is 2.55. The van der Waals surface area contributed by atoms with Gasteiger partial charge in [0.05, 0.1) is 11.3 Å². The lowest BCUT2D eigenvalue weighted by molar-refractivity contribution is -0.143. The van der Waals surface area contributed by atoms with Crippen molar-refractivity contribution in [1.29, 1.82) is 0 Å². The Labute approximate surface area is 230 Å². The third kappa shape index (κ3) is 4.92. The Balaban J connectivity index is 1.24. The van der Waals surface area contributed by atoms with E-state index in [1.54, 1.807) is 11.8 Å². The van der Waals surface area contributed by atoms with Crippen LogP contribution in [-0.2, 0) is 17.8 Å². The molecule has 0 saturated heterocycles. The smallest absolute Gasteiger partial charge is 0.192 e. The number of nitrogens with zero attached hydrogens (tertiary/aromatic N) is 3. The quantitative estimate of drug-likeness (QED) is 0.258. The van der Waals surface area contributed by atoms with E-state index in [9.17, 15) is 4.79 Å². The molecule has 0 N–H and O–H groups in total. The molecule has 0 unspecified atom stereocenters. The number of Topliss-reactive ketones (excluding diaryl/α,β-unsaturated/α-hetero) is 1. The van der Waals surface area contributed by atoms with Crippen LogP contribution in [0, 0.1) is 23.2 Å². The molecule has 4 aliphatic rings. The molecule has 3 aromatic rings. The number of thioether (sulfide) groups is 1. The molecule has 5 nitrogen and oxygen atoms in total. The van der Waals surface area contributed by atoms with Crippen molar-refractivity contribution in [3.05, 3.63) is 71.5 Å². The van der Waals surface area contributed by atoms with E-state index < -0.39 is 0 Å². The summed E-state index contributed by atoms with van der Waals surface area (Å²) in [7, 11) is 0. The lowest BCUT2D eigenvalue weighted by atomic mass is 9.48. The molecule has 0 aliphatic heterocycles. The van der Waals surface area contributed by atoms with Gasteiger partial charge in [0, 0.05) is 5.41 Å². The SMILES string of the molecule is CCc1ccc(OCc2nnc(S[C@H](C)C(=O)C34CC5CC(CC(C5)C3)C4)n2[C@@H](C)c2ccccc2)cc1. The van der Waals surface area contributed by atoms with Gasteiger partial charge in [0.15, 0.2) is 16.8 Å². The van der Waals surface area contributed by atoms with Gasteiger partial charge in [0.1, 0.15) is 12.4 Å². The maximum atomic E-state index is 14.0. The number of hydrogen-bond acceptors (Lipinski definition) is 5. The van der Waals surface area contributed by atoms with Crippen LogP contribution in [0.25, 0.3) is 0 Å². The summed E-state index contributed by atoms with van der Waals surface area (Å²) in [5, 5.41) is 9.84. The molecular weight excluding hydrogens is 490 g/mol. The van der Waals surface area contributed by atoms with E-state index in [0.717, 1.165) is 60.2 Å². The van der Waals surface area contributed by atoms with E-state index in [1.807, 2.05) is 18.2 Å². The fraction of sp³-hybridized carbons (Fsp3) is 0.531. The maximum Gasteiger partial charge on any atom is 0.192 e. The van der Waals surface area contributed by atoms with Gasteiger partial charge in [0.2, 0.25) is 0 Å². The van der Waals surface area contributed by atoms with Crippen molar-refractivity contribution in [2.75, 3.05) is 0 Å². The summed E-state index contributed by atoms with van der Waals surface area (Å²) in [6, 6.07) is 18.7. The van der Waals surface area contributed by atoms with Crippen molar-refractivity contribution in [1.82, 2.24) is 14.8 Å². The van der Waals surface area contributed by atoms with Crippen molar-refractivity contribution < 1.29 is 9.53 Å². The monoisotopic (exact) mass is 529 g/mol. The summed E-state index contributed by atoms with van der Waals surface area (Å²) >= 11 is 1.58. The Morgan fingerprint density at radius 3 is 2.21 bits per heavy atom. The summed E-state index contributed by atoms with van der Waals surface area (Å²) in [6.45, 7) is 6.74. The second-order valence-electron chi connectivity index (χ2n) is 12.0. The van der Waals surface area contributed by atoms with Crippen molar-refractivity contribution in [2.45, 2.75) is 88.8 Å². The van der Waals surface area contributed by atoms with Gasteiger partial charge in [-0.1, -0.05) is 61.2 Å². The average Bonchev–Trinajstić information content (AvgIpc) is 3.33. The van der Waals surface area contributed by atoms with E-state index in [0.29, 0.717) is 12.4 Å². The van der Waals surface area contributed by atoms with Crippen LogP contribution in [0.5, 0.6) is 5.75 Å². The molecule has 7 rings (SSSR count). The third-order valence-corrected chi connectivity index (χ3v) is 10.4. The minimum Gasteiger partial charge on any atom is -0.486 e. The topological polar surface area (TPSA) is 57.0 Å². The summed E-state index contributed by atoms with van der Waals surface area (Å²) in [4.78, 5) is 14.0. The lowest BCUT2D eigenvalue weighted by Crippen LogP contribution is -2.51. The van der Waals surface area contributed by atoms with Crippen LogP contribution in [0.4, 0.5) is 0 Å². The molecule has 4 saturated carbocycles. The normalized spacial score (nSPS) is 27.3. The minimum absolute atomic E-state index is 0.0246. The predicted octanol–water partition coefficient (Wildman–Crippen LogP) is 7.29. The number of carbonyl (C=O) groups excluding carboxylic acids is 1. The molecule has 1 aromatic heterocycles. The Kier molecular flexibility index (Phi) is 7.10. The van der Waals surface area contributed by atoms with Crippen LogP contribution < -0.4 is 4.74 Å². The second kappa shape index (κ2) is 10.5. The first kappa shape index (κ1) is 25.7. The Morgan fingerprint density at radius 2 is 1.61 bits per heavy atom. The van der Waals surface area contributed by atoms with Crippen molar-refractivity contribution in [2.24, 2.45) is 23.2 Å². The van der Waals surface area contributed by atoms with E-state index in [2.05, 4.69) is 71.9 Å². The van der Waals surface area contributed by atoms with Crippen molar-refractivity contribution in [3.8, 4) is 5.75 Å². The van der Waals surface area contributed by atoms with Gasteiger partial charge in [-0.05, 0) is 99.8 Å². The predicted molar refractivity (Wildman–Crippen MR) is 151 cm³/mol. The highest BCUT2D eigenvalue weighted by molar-refractivity contribution is 8.00. The van der Waals surface area contributed by atoms with Crippen LogP contribution in [-0.4, -0.2) is 25.8 Å². The first-order valence-corrected chi connectivity index (χ1v) is 15.2. The number of hydrogen-bond donors (Lipinski definition) is 0. The van der Waals surface area contributed by atoms with Crippen LogP contribution in [0.1, 0.15) is 82.3 Å². The number of rotatable bonds is 10.